The van der Waals surface area contributed by atoms with Gasteiger partial charge in [0.15, 0.2) is 0 Å². The summed E-state index contributed by atoms with van der Waals surface area (Å²) in [6, 6.07) is 8.83. The number of carboxylic acid groups (broad SMARTS) is 2. The van der Waals surface area contributed by atoms with E-state index in [-0.39, 0.29) is 11.7 Å². The van der Waals surface area contributed by atoms with E-state index in [9.17, 15) is 9.59 Å². The molecule has 0 radical (unpaired) electrons. The monoisotopic (exact) mass is 281 g/mol. The Hall–Kier alpha value is -1.53. The van der Waals surface area contributed by atoms with Crippen LogP contribution in [-0.4, -0.2) is 40.0 Å². The zero-order valence-electron chi connectivity index (χ0n) is 10.2. The molecule has 1 aromatic rings. The number of carboxylic acids is 2. The fourth-order valence-corrected chi connectivity index (χ4v) is 3.56. The molecule has 0 amide bonds. The maximum absolute atomic E-state index is 11.1. The highest BCUT2D eigenvalue weighted by Gasteiger charge is 2.41. The van der Waals surface area contributed by atoms with Gasteiger partial charge in [0.25, 0.3) is 0 Å². The van der Waals surface area contributed by atoms with Crippen LogP contribution in [0.25, 0.3) is 0 Å². The zero-order chi connectivity index (χ0) is 13.8. The van der Waals surface area contributed by atoms with Crippen LogP contribution in [0.2, 0.25) is 0 Å². The number of benzene rings is 1. The van der Waals surface area contributed by atoms with Crippen LogP contribution in [0.4, 0.5) is 0 Å². The van der Waals surface area contributed by atoms with E-state index >= 15 is 0 Å². The summed E-state index contributed by atoms with van der Waals surface area (Å²) in [5.74, 6) is -2.35. The van der Waals surface area contributed by atoms with Crippen LogP contribution in [0, 0.1) is 5.92 Å². The second-order valence-electron chi connectivity index (χ2n) is 4.46. The Morgan fingerprint density at radius 3 is 2.53 bits per heavy atom. The van der Waals surface area contributed by atoms with Crippen LogP contribution in [0.1, 0.15) is 6.42 Å². The Labute approximate surface area is 115 Å². The maximum atomic E-state index is 11.1. The number of hydrogen-bond donors (Lipinski definition) is 3. The molecule has 5 nitrogen and oxygen atoms in total. The number of carbonyl (C=O) groups is 2. The van der Waals surface area contributed by atoms with Crippen LogP contribution in [0.15, 0.2) is 35.2 Å². The van der Waals surface area contributed by atoms with Crippen LogP contribution < -0.4 is 5.32 Å². The fourth-order valence-electron chi connectivity index (χ4n) is 2.28. The van der Waals surface area contributed by atoms with E-state index in [0.717, 1.165) is 4.90 Å². The Morgan fingerprint density at radius 2 is 1.95 bits per heavy atom. The highest BCUT2D eigenvalue weighted by molar-refractivity contribution is 8.00. The van der Waals surface area contributed by atoms with Crippen molar-refractivity contribution in [2.24, 2.45) is 5.92 Å². The Morgan fingerprint density at radius 1 is 1.26 bits per heavy atom. The molecule has 6 heteroatoms. The minimum absolute atomic E-state index is 0.0420. The van der Waals surface area contributed by atoms with Crippen LogP contribution >= 0.6 is 11.8 Å². The molecule has 1 aliphatic rings. The Kier molecular flexibility index (Phi) is 4.44. The lowest BCUT2D eigenvalue weighted by Crippen LogP contribution is -2.37. The molecule has 102 valence electrons. The third kappa shape index (κ3) is 3.48. The predicted molar refractivity (Wildman–Crippen MR) is 71.3 cm³/mol. The first-order chi connectivity index (χ1) is 9.08. The Bertz CT molecular complexity index is 465. The van der Waals surface area contributed by atoms with Gasteiger partial charge in [-0.1, -0.05) is 18.2 Å². The molecule has 1 saturated heterocycles. The van der Waals surface area contributed by atoms with Gasteiger partial charge in [-0.3, -0.25) is 9.59 Å². The lowest BCUT2D eigenvalue weighted by Gasteiger charge is -2.19. The highest BCUT2D eigenvalue weighted by atomic mass is 32.2. The molecule has 19 heavy (non-hydrogen) atoms. The summed E-state index contributed by atoms with van der Waals surface area (Å²) in [6.07, 6.45) is -0.130. The van der Waals surface area contributed by atoms with Crippen molar-refractivity contribution in [2.45, 2.75) is 22.6 Å². The zero-order valence-corrected chi connectivity index (χ0v) is 11.0. The van der Waals surface area contributed by atoms with Crippen LogP contribution in [0.5, 0.6) is 0 Å². The molecule has 3 N–H and O–H groups in total. The van der Waals surface area contributed by atoms with Gasteiger partial charge in [0.2, 0.25) is 0 Å². The first-order valence-corrected chi connectivity index (χ1v) is 6.85. The van der Waals surface area contributed by atoms with Crippen molar-refractivity contribution in [3.63, 3.8) is 0 Å². The van der Waals surface area contributed by atoms with Gasteiger partial charge in [-0.15, -0.1) is 11.8 Å². The van der Waals surface area contributed by atoms with E-state index in [1.54, 1.807) is 0 Å². The molecule has 1 aromatic carbocycles. The molecule has 2 rings (SSSR count). The SMILES string of the molecule is O=C(O)CC1C(Sc2ccccc2)CN[C@@H]1C(=O)O. The summed E-state index contributed by atoms with van der Waals surface area (Å²) in [7, 11) is 0. The van der Waals surface area contributed by atoms with Gasteiger partial charge < -0.3 is 15.5 Å². The topological polar surface area (TPSA) is 86.6 Å². The second kappa shape index (κ2) is 6.08. The van der Waals surface area contributed by atoms with E-state index in [0.29, 0.717) is 6.54 Å². The van der Waals surface area contributed by atoms with Crippen molar-refractivity contribution < 1.29 is 19.8 Å². The normalized spacial score (nSPS) is 26.2. The lowest BCUT2D eigenvalue weighted by molar-refractivity contribution is -0.141. The molecule has 3 atom stereocenters. The van der Waals surface area contributed by atoms with Crippen LogP contribution in [0.3, 0.4) is 0 Å². The number of rotatable bonds is 5. The number of thioether (sulfide) groups is 1. The standard InChI is InChI=1S/C13H15NO4S/c15-11(16)6-9-10(7-14-12(9)13(17)18)19-8-4-2-1-3-5-8/h1-5,9-10,12,14H,6-7H2,(H,15,16)(H,17,18)/t9?,10?,12-/m0/s1. The molecular formula is C13H15NO4S. The highest BCUT2D eigenvalue weighted by Crippen LogP contribution is 2.34. The van der Waals surface area contributed by atoms with Crippen molar-refractivity contribution in [2.75, 3.05) is 6.54 Å². The first-order valence-electron chi connectivity index (χ1n) is 5.97. The summed E-state index contributed by atoms with van der Waals surface area (Å²) >= 11 is 1.53. The third-order valence-corrected chi connectivity index (χ3v) is 4.52. The van der Waals surface area contributed by atoms with E-state index in [1.807, 2.05) is 30.3 Å². The number of nitrogens with one attached hydrogen (secondary N) is 1. The van der Waals surface area contributed by atoms with Crippen molar-refractivity contribution in [1.82, 2.24) is 5.32 Å². The van der Waals surface area contributed by atoms with Crippen molar-refractivity contribution in [3.8, 4) is 0 Å². The molecule has 0 spiro atoms. The first kappa shape index (κ1) is 13.9. The molecule has 2 unspecified atom stereocenters. The molecule has 0 aliphatic carbocycles. The summed E-state index contributed by atoms with van der Waals surface area (Å²) in [6.45, 7) is 0.508. The Balaban J connectivity index is 2.10. The average Bonchev–Trinajstić information content (AvgIpc) is 2.73. The lowest BCUT2D eigenvalue weighted by atomic mass is 9.96. The summed E-state index contributed by atoms with van der Waals surface area (Å²) < 4.78 is 0. The van der Waals surface area contributed by atoms with E-state index < -0.39 is 23.9 Å². The minimum atomic E-state index is -0.984. The maximum Gasteiger partial charge on any atom is 0.321 e. The summed E-state index contributed by atoms with van der Waals surface area (Å²) in [5, 5.41) is 20.9. The van der Waals surface area contributed by atoms with Gasteiger partial charge in [-0.05, 0) is 12.1 Å². The van der Waals surface area contributed by atoms with Gasteiger partial charge in [0.1, 0.15) is 6.04 Å². The molecule has 0 saturated carbocycles. The number of hydrogen-bond acceptors (Lipinski definition) is 4. The smallest absolute Gasteiger partial charge is 0.321 e. The van der Waals surface area contributed by atoms with E-state index in [4.69, 9.17) is 10.2 Å². The molecule has 0 bridgehead atoms. The van der Waals surface area contributed by atoms with Gasteiger partial charge in [-0.25, -0.2) is 0 Å². The van der Waals surface area contributed by atoms with Gasteiger partial charge in [0, 0.05) is 22.6 Å². The van der Waals surface area contributed by atoms with Crippen molar-refractivity contribution in [3.05, 3.63) is 30.3 Å². The van der Waals surface area contributed by atoms with Crippen molar-refractivity contribution in [1.29, 1.82) is 0 Å². The van der Waals surface area contributed by atoms with E-state index in [1.165, 1.54) is 11.8 Å². The molecule has 1 fully saturated rings. The van der Waals surface area contributed by atoms with Crippen LogP contribution in [-0.2, 0) is 9.59 Å². The van der Waals surface area contributed by atoms with Gasteiger partial charge in [-0.2, -0.15) is 0 Å². The predicted octanol–water partition coefficient (Wildman–Crippen LogP) is 1.29. The molecule has 1 heterocycles. The fraction of sp³-hybridized carbons (Fsp3) is 0.385. The minimum Gasteiger partial charge on any atom is -0.481 e. The number of aliphatic carboxylic acids is 2. The van der Waals surface area contributed by atoms with E-state index in [2.05, 4.69) is 5.32 Å². The van der Waals surface area contributed by atoms with Gasteiger partial charge in [0.05, 0.1) is 6.42 Å². The largest absolute Gasteiger partial charge is 0.481 e. The second-order valence-corrected chi connectivity index (χ2v) is 5.77. The summed E-state index contributed by atoms with van der Waals surface area (Å²) in [4.78, 5) is 23.0. The quantitative estimate of drug-likeness (QED) is 0.754. The molecule has 1 aliphatic heterocycles. The average molecular weight is 281 g/mol. The third-order valence-electron chi connectivity index (χ3n) is 3.15. The van der Waals surface area contributed by atoms with Gasteiger partial charge >= 0.3 is 11.9 Å². The summed E-state index contributed by atoms with van der Waals surface area (Å²) in [5.41, 5.74) is 0. The molecular weight excluding hydrogens is 266 g/mol. The van der Waals surface area contributed by atoms with Crippen molar-refractivity contribution >= 4 is 23.7 Å². The molecule has 0 aromatic heterocycles.